The lowest BCUT2D eigenvalue weighted by Gasteiger charge is -2.33. The zero-order valence-corrected chi connectivity index (χ0v) is 13.9. The van der Waals surface area contributed by atoms with Crippen molar-refractivity contribution in [2.75, 3.05) is 6.61 Å². The van der Waals surface area contributed by atoms with Crippen LogP contribution in [-0.4, -0.2) is 54.8 Å². The fraction of sp³-hybridized carbons (Fsp3) is 0.769. The van der Waals surface area contributed by atoms with Gasteiger partial charge in [0.1, 0.15) is 5.57 Å². The van der Waals surface area contributed by atoms with Crippen LogP contribution in [0.25, 0.3) is 0 Å². The summed E-state index contributed by atoms with van der Waals surface area (Å²) in [5, 5.41) is 0. The van der Waals surface area contributed by atoms with Crippen molar-refractivity contribution < 1.29 is 75.4 Å². The minimum Gasteiger partial charge on any atom is -0.456 e. The Hall–Kier alpha value is -1.84. The molecule has 178 valence electrons. The van der Waals surface area contributed by atoms with Crippen LogP contribution in [0.2, 0.25) is 0 Å². The molecule has 0 radical (unpaired) electrons. The average molecular weight is 482 g/mol. The third-order valence-electron chi connectivity index (χ3n) is 3.26. The molecule has 30 heavy (non-hydrogen) atoms. The Morgan fingerprint density at radius 3 is 1.60 bits per heavy atom. The van der Waals surface area contributed by atoms with Crippen molar-refractivity contribution in [1.82, 2.24) is 0 Å². The lowest BCUT2D eigenvalue weighted by atomic mass is 9.95. The lowest BCUT2D eigenvalue weighted by Crippen LogP contribution is -2.56. The molecule has 1 atom stereocenters. The lowest BCUT2D eigenvalue weighted by molar-refractivity contribution is -0.302. The van der Waals surface area contributed by atoms with Crippen LogP contribution >= 0.6 is 0 Å². The fourth-order valence-corrected chi connectivity index (χ4v) is 1.56. The Labute approximate surface area is 156 Å². The summed E-state index contributed by atoms with van der Waals surface area (Å²) >= 11 is 0. The van der Waals surface area contributed by atoms with E-state index in [0.29, 0.717) is 0 Å². The van der Waals surface area contributed by atoms with Crippen molar-refractivity contribution in [2.24, 2.45) is 0 Å². The Morgan fingerprint density at radius 2 is 1.23 bits per heavy atom. The Balaban J connectivity index is 5.45. The summed E-state index contributed by atoms with van der Waals surface area (Å²) in [6.07, 6.45) is -22.2. The molecule has 0 aromatic rings. The molecule has 0 aliphatic heterocycles. The standard InChI is InChI=1S/C13H9F15O2/c1-5(6(29)30-4-8(15,16)7(14)12(24,25)26)11(22,23)13(27,28)9(17,18)2-3-10(19,20)21/h7H,1-4H2. The number of ether oxygens (including phenoxy) is 1. The largest absolute Gasteiger partial charge is 0.456 e. The van der Waals surface area contributed by atoms with E-state index >= 15 is 0 Å². The first kappa shape index (κ1) is 28.2. The number of hydrogen-bond donors (Lipinski definition) is 0. The molecule has 0 aromatic heterocycles. The summed E-state index contributed by atoms with van der Waals surface area (Å²) in [5.41, 5.74) is -3.00. The monoisotopic (exact) mass is 482 g/mol. The van der Waals surface area contributed by atoms with Gasteiger partial charge in [0.2, 0.25) is 0 Å². The molecule has 1 unspecified atom stereocenters. The van der Waals surface area contributed by atoms with Gasteiger partial charge in [-0.1, -0.05) is 6.58 Å². The molecule has 0 rings (SSSR count). The van der Waals surface area contributed by atoms with E-state index in [2.05, 4.69) is 4.74 Å². The van der Waals surface area contributed by atoms with Gasteiger partial charge in [0.25, 0.3) is 6.17 Å². The van der Waals surface area contributed by atoms with E-state index in [1.54, 1.807) is 0 Å². The first-order chi connectivity index (χ1) is 12.9. The van der Waals surface area contributed by atoms with Crippen LogP contribution in [0.4, 0.5) is 65.9 Å². The van der Waals surface area contributed by atoms with Gasteiger partial charge < -0.3 is 4.74 Å². The van der Waals surface area contributed by atoms with Crippen molar-refractivity contribution >= 4 is 5.97 Å². The van der Waals surface area contributed by atoms with E-state index in [4.69, 9.17) is 0 Å². The smallest absolute Gasteiger partial charge is 0.425 e. The molecule has 0 saturated heterocycles. The summed E-state index contributed by atoms with van der Waals surface area (Å²) in [6, 6.07) is 0. The minimum atomic E-state index is -6.74. The molecular weight excluding hydrogens is 473 g/mol. The second-order valence-corrected chi connectivity index (χ2v) is 5.69. The maximum absolute atomic E-state index is 13.6. The molecule has 0 aliphatic carbocycles. The molecule has 0 bridgehead atoms. The summed E-state index contributed by atoms with van der Waals surface area (Å²) in [5.74, 6) is -27.9. The SMILES string of the molecule is C=C(C(=O)OCC(F)(F)C(F)C(F)(F)F)C(F)(F)C(F)(F)C(F)(F)CCC(F)(F)F. The normalized spacial score (nSPS) is 15.7. The number of hydrogen-bond acceptors (Lipinski definition) is 2. The van der Waals surface area contributed by atoms with Crippen molar-refractivity contribution in [3.63, 3.8) is 0 Å². The van der Waals surface area contributed by atoms with Gasteiger partial charge in [0.05, 0.1) is 0 Å². The molecule has 0 N–H and O–H groups in total. The quantitative estimate of drug-likeness (QED) is 0.234. The fourth-order valence-electron chi connectivity index (χ4n) is 1.56. The number of rotatable bonds is 9. The van der Waals surface area contributed by atoms with E-state index in [-0.39, 0.29) is 0 Å². The zero-order valence-electron chi connectivity index (χ0n) is 13.9. The van der Waals surface area contributed by atoms with Gasteiger partial charge in [0, 0.05) is 12.8 Å². The Kier molecular flexibility index (Phi) is 7.84. The first-order valence-electron chi connectivity index (χ1n) is 7.05. The predicted molar refractivity (Wildman–Crippen MR) is 66.1 cm³/mol. The van der Waals surface area contributed by atoms with Crippen molar-refractivity contribution in [3.8, 4) is 0 Å². The molecule has 0 spiro atoms. The van der Waals surface area contributed by atoms with Crippen LogP contribution < -0.4 is 0 Å². The van der Waals surface area contributed by atoms with Crippen LogP contribution in [-0.2, 0) is 9.53 Å². The summed E-state index contributed by atoms with van der Waals surface area (Å²) in [6.45, 7) is -1.04. The second-order valence-electron chi connectivity index (χ2n) is 5.69. The number of carbonyl (C=O) groups excluding carboxylic acids is 1. The van der Waals surface area contributed by atoms with Gasteiger partial charge in [-0.25, -0.2) is 9.18 Å². The maximum atomic E-state index is 13.6. The van der Waals surface area contributed by atoms with E-state index < -0.39 is 73.2 Å². The third-order valence-corrected chi connectivity index (χ3v) is 3.26. The van der Waals surface area contributed by atoms with Crippen LogP contribution in [0.3, 0.4) is 0 Å². The zero-order chi connectivity index (χ0) is 24.6. The highest BCUT2D eigenvalue weighted by Gasteiger charge is 2.73. The van der Waals surface area contributed by atoms with Gasteiger partial charge in [0.15, 0.2) is 6.61 Å². The summed E-state index contributed by atoms with van der Waals surface area (Å²) in [7, 11) is 0. The molecule has 0 heterocycles. The Bertz CT molecular complexity index is 631. The van der Waals surface area contributed by atoms with Gasteiger partial charge in [-0.2, -0.15) is 61.5 Å². The highest BCUT2D eigenvalue weighted by molar-refractivity contribution is 5.90. The van der Waals surface area contributed by atoms with Gasteiger partial charge in [-0.3, -0.25) is 0 Å². The highest BCUT2D eigenvalue weighted by atomic mass is 19.4. The predicted octanol–water partition coefficient (Wildman–Crippen LogP) is 5.87. The van der Waals surface area contributed by atoms with Gasteiger partial charge >= 0.3 is 42.0 Å². The van der Waals surface area contributed by atoms with Crippen LogP contribution in [0, 0.1) is 0 Å². The Morgan fingerprint density at radius 1 is 0.800 bits per heavy atom. The maximum Gasteiger partial charge on any atom is 0.425 e. The third kappa shape index (κ3) is 6.33. The van der Waals surface area contributed by atoms with E-state index in [9.17, 15) is 70.7 Å². The molecule has 0 amide bonds. The van der Waals surface area contributed by atoms with Crippen LogP contribution in [0.15, 0.2) is 12.2 Å². The van der Waals surface area contributed by atoms with Crippen molar-refractivity contribution in [3.05, 3.63) is 12.2 Å². The molecule has 0 fully saturated rings. The topological polar surface area (TPSA) is 26.3 Å². The van der Waals surface area contributed by atoms with E-state index in [0.717, 1.165) is 0 Å². The highest BCUT2D eigenvalue weighted by Crippen LogP contribution is 2.51. The van der Waals surface area contributed by atoms with Crippen molar-refractivity contribution in [2.45, 2.75) is 55.1 Å². The van der Waals surface area contributed by atoms with Crippen molar-refractivity contribution in [1.29, 1.82) is 0 Å². The van der Waals surface area contributed by atoms with Crippen LogP contribution in [0.5, 0.6) is 0 Å². The molecule has 0 aliphatic rings. The molecule has 17 heteroatoms. The van der Waals surface area contributed by atoms with Gasteiger partial charge in [-0.05, 0) is 0 Å². The second kappa shape index (κ2) is 8.36. The molecule has 2 nitrogen and oxygen atoms in total. The summed E-state index contributed by atoms with van der Waals surface area (Å²) < 4.78 is 193. The average Bonchev–Trinajstić information content (AvgIpc) is 2.54. The number of carbonyl (C=O) groups is 1. The van der Waals surface area contributed by atoms with Crippen LogP contribution in [0.1, 0.15) is 12.8 Å². The minimum absolute atomic E-state index is 1.89. The number of esters is 1. The first-order valence-corrected chi connectivity index (χ1v) is 7.05. The number of alkyl halides is 15. The number of halogens is 15. The molecular formula is C13H9F15O2. The van der Waals surface area contributed by atoms with E-state index in [1.807, 2.05) is 6.58 Å². The molecule has 0 saturated carbocycles. The molecule has 0 aromatic carbocycles. The summed E-state index contributed by atoms with van der Waals surface area (Å²) in [4.78, 5) is 11.1. The van der Waals surface area contributed by atoms with E-state index in [1.165, 1.54) is 0 Å². The van der Waals surface area contributed by atoms with Gasteiger partial charge in [-0.15, -0.1) is 0 Å².